The van der Waals surface area contributed by atoms with Crippen molar-refractivity contribution in [1.82, 2.24) is 19.5 Å². The molecule has 2 aromatic rings. The van der Waals surface area contributed by atoms with E-state index in [1.165, 1.54) is 6.33 Å². The Hall–Kier alpha value is -2.44. The van der Waals surface area contributed by atoms with Gasteiger partial charge in [-0.25, -0.2) is 15.0 Å². The van der Waals surface area contributed by atoms with E-state index in [1.807, 2.05) is 6.92 Å². The summed E-state index contributed by atoms with van der Waals surface area (Å²) in [6, 6.07) is 1.77. The fourth-order valence-corrected chi connectivity index (χ4v) is 1.29. The third kappa shape index (κ3) is 1.70. The van der Waals surface area contributed by atoms with Crippen molar-refractivity contribution >= 4 is 5.84 Å². The first-order valence-corrected chi connectivity index (χ1v) is 4.52. The van der Waals surface area contributed by atoms with E-state index >= 15 is 0 Å². The van der Waals surface area contributed by atoms with Gasteiger partial charge in [0.2, 0.25) is 5.84 Å². The lowest BCUT2D eigenvalue weighted by molar-refractivity contribution is 0.318. The molecule has 0 aromatic carbocycles. The summed E-state index contributed by atoms with van der Waals surface area (Å²) in [5, 5.41) is 11.5. The Morgan fingerprint density at radius 2 is 2.25 bits per heavy atom. The lowest BCUT2D eigenvalue weighted by Gasteiger charge is -2.05. The van der Waals surface area contributed by atoms with Crippen LogP contribution in [0.25, 0.3) is 5.82 Å². The number of hydrogen-bond acceptors (Lipinski definition) is 5. The van der Waals surface area contributed by atoms with Crippen LogP contribution in [-0.2, 0) is 0 Å². The minimum Gasteiger partial charge on any atom is -0.409 e. The smallest absolute Gasteiger partial charge is 0.206 e. The number of nitrogens with zero attached hydrogens (tertiary/aromatic N) is 5. The van der Waals surface area contributed by atoms with Crippen LogP contribution < -0.4 is 5.73 Å². The van der Waals surface area contributed by atoms with Gasteiger partial charge in [0.25, 0.3) is 0 Å². The molecule has 0 bridgehead atoms. The molecule has 0 atom stereocenters. The Morgan fingerprint density at radius 1 is 1.44 bits per heavy atom. The first-order chi connectivity index (χ1) is 7.72. The van der Waals surface area contributed by atoms with Gasteiger partial charge in [-0.15, -0.1) is 0 Å². The number of nitrogens with two attached hydrogens (primary N) is 1. The molecule has 7 nitrogen and oxygen atoms in total. The van der Waals surface area contributed by atoms with Gasteiger partial charge in [-0.3, -0.25) is 4.57 Å². The molecule has 0 amide bonds. The molecule has 2 aromatic heterocycles. The Morgan fingerprint density at radius 3 is 2.94 bits per heavy atom. The van der Waals surface area contributed by atoms with E-state index in [1.54, 1.807) is 23.0 Å². The molecule has 16 heavy (non-hydrogen) atoms. The number of hydrogen-bond donors (Lipinski definition) is 2. The summed E-state index contributed by atoms with van der Waals surface area (Å²) in [4.78, 5) is 12.0. The van der Waals surface area contributed by atoms with E-state index in [0.717, 1.165) is 5.69 Å². The fourth-order valence-electron chi connectivity index (χ4n) is 1.29. The predicted octanol–water partition coefficient (Wildman–Crippen LogP) is 0.0652. The molecule has 0 saturated heterocycles. The summed E-state index contributed by atoms with van der Waals surface area (Å²) >= 11 is 0. The topological polar surface area (TPSA) is 102 Å². The second kappa shape index (κ2) is 3.97. The molecule has 0 aliphatic rings. The third-order valence-corrected chi connectivity index (χ3v) is 2.01. The fraction of sp³-hybridized carbons (Fsp3) is 0.111. The Kier molecular flexibility index (Phi) is 2.50. The van der Waals surface area contributed by atoms with Gasteiger partial charge in [0.05, 0.1) is 0 Å². The monoisotopic (exact) mass is 218 g/mol. The molecule has 2 heterocycles. The number of imidazole rings is 1. The minimum absolute atomic E-state index is 0.0683. The maximum atomic E-state index is 8.61. The van der Waals surface area contributed by atoms with Crippen molar-refractivity contribution in [3.8, 4) is 5.82 Å². The van der Waals surface area contributed by atoms with E-state index in [2.05, 4.69) is 20.1 Å². The van der Waals surface area contributed by atoms with Gasteiger partial charge in [0.1, 0.15) is 12.1 Å². The van der Waals surface area contributed by atoms with E-state index < -0.39 is 0 Å². The molecule has 0 radical (unpaired) electrons. The van der Waals surface area contributed by atoms with Crippen molar-refractivity contribution in [2.45, 2.75) is 6.92 Å². The van der Waals surface area contributed by atoms with Gasteiger partial charge in [0.15, 0.2) is 5.82 Å². The van der Waals surface area contributed by atoms with Crippen molar-refractivity contribution < 1.29 is 5.21 Å². The molecule has 2 rings (SSSR count). The lowest BCUT2D eigenvalue weighted by Crippen LogP contribution is -2.19. The predicted molar refractivity (Wildman–Crippen MR) is 56.4 cm³/mol. The maximum Gasteiger partial charge on any atom is 0.206 e. The van der Waals surface area contributed by atoms with Gasteiger partial charge in [-0.2, -0.15) is 0 Å². The molecule has 3 N–H and O–H groups in total. The Labute approximate surface area is 91.3 Å². The summed E-state index contributed by atoms with van der Waals surface area (Å²) < 4.78 is 1.61. The molecule has 0 unspecified atom stereocenters. The summed E-state index contributed by atoms with van der Waals surface area (Å²) in [7, 11) is 0. The number of aryl methyl sites for hydroxylation is 1. The first-order valence-electron chi connectivity index (χ1n) is 4.52. The highest BCUT2D eigenvalue weighted by Gasteiger charge is 2.10. The van der Waals surface area contributed by atoms with Crippen molar-refractivity contribution in [2.75, 3.05) is 0 Å². The number of oxime groups is 1. The van der Waals surface area contributed by atoms with Gasteiger partial charge >= 0.3 is 0 Å². The van der Waals surface area contributed by atoms with Gasteiger partial charge in [-0.1, -0.05) is 5.16 Å². The second-order valence-corrected chi connectivity index (χ2v) is 3.12. The molecule has 0 aliphatic heterocycles. The third-order valence-electron chi connectivity index (χ3n) is 2.01. The van der Waals surface area contributed by atoms with E-state index in [4.69, 9.17) is 10.9 Å². The SMILES string of the molecule is Cc1cc(-n2ccnc2C(N)=NO)ncn1. The van der Waals surface area contributed by atoms with Crippen LogP contribution in [0.15, 0.2) is 29.9 Å². The average Bonchev–Trinajstić information content (AvgIpc) is 2.77. The zero-order valence-electron chi connectivity index (χ0n) is 8.57. The molecule has 0 saturated carbocycles. The summed E-state index contributed by atoms with van der Waals surface area (Å²) in [5.41, 5.74) is 6.31. The van der Waals surface area contributed by atoms with Gasteiger partial charge < -0.3 is 10.9 Å². The van der Waals surface area contributed by atoms with Crippen LogP contribution in [0.2, 0.25) is 0 Å². The van der Waals surface area contributed by atoms with Crippen LogP contribution in [-0.4, -0.2) is 30.6 Å². The molecule has 0 aliphatic carbocycles. The van der Waals surface area contributed by atoms with Crippen molar-refractivity contribution in [3.63, 3.8) is 0 Å². The van der Waals surface area contributed by atoms with Crippen LogP contribution in [0.3, 0.4) is 0 Å². The van der Waals surface area contributed by atoms with Crippen LogP contribution in [0.1, 0.15) is 11.5 Å². The summed E-state index contributed by atoms with van der Waals surface area (Å²) in [6.07, 6.45) is 4.67. The van der Waals surface area contributed by atoms with Gasteiger partial charge in [0, 0.05) is 24.2 Å². The first kappa shape index (κ1) is 10.1. The van der Waals surface area contributed by atoms with E-state index in [-0.39, 0.29) is 5.84 Å². The Bertz CT molecular complexity index is 532. The Balaban J connectivity index is 2.53. The largest absolute Gasteiger partial charge is 0.409 e. The van der Waals surface area contributed by atoms with Crippen LogP contribution >= 0.6 is 0 Å². The van der Waals surface area contributed by atoms with E-state index in [9.17, 15) is 0 Å². The molecule has 7 heteroatoms. The zero-order valence-corrected chi connectivity index (χ0v) is 8.57. The molecule has 0 spiro atoms. The summed E-state index contributed by atoms with van der Waals surface area (Å²) in [6.45, 7) is 1.85. The molecule has 0 fully saturated rings. The second-order valence-electron chi connectivity index (χ2n) is 3.12. The quantitative estimate of drug-likeness (QED) is 0.321. The normalized spacial score (nSPS) is 11.7. The van der Waals surface area contributed by atoms with E-state index in [0.29, 0.717) is 11.6 Å². The van der Waals surface area contributed by atoms with Crippen LogP contribution in [0.4, 0.5) is 0 Å². The minimum atomic E-state index is -0.0683. The standard InChI is InChI=1S/C9H10N6O/c1-6-4-7(13-5-12-6)15-3-2-11-9(15)8(10)14-16/h2-5,16H,1H3,(H2,10,14). The van der Waals surface area contributed by atoms with Crippen LogP contribution in [0.5, 0.6) is 0 Å². The molecular weight excluding hydrogens is 208 g/mol. The van der Waals surface area contributed by atoms with Crippen molar-refractivity contribution in [2.24, 2.45) is 10.9 Å². The maximum absolute atomic E-state index is 8.61. The number of amidine groups is 1. The lowest BCUT2D eigenvalue weighted by atomic mass is 10.4. The highest BCUT2D eigenvalue weighted by molar-refractivity contribution is 5.94. The average molecular weight is 218 g/mol. The molecular formula is C9H10N6O. The zero-order chi connectivity index (χ0) is 11.5. The van der Waals surface area contributed by atoms with Crippen molar-refractivity contribution in [1.29, 1.82) is 0 Å². The van der Waals surface area contributed by atoms with Crippen molar-refractivity contribution in [3.05, 3.63) is 36.3 Å². The highest BCUT2D eigenvalue weighted by atomic mass is 16.4. The number of aromatic nitrogens is 4. The number of rotatable bonds is 2. The summed E-state index contributed by atoms with van der Waals surface area (Å²) in [5.74, 6) is 0.883. The highest BCUT2D eigenvalue weighted by Crippen LogP contribution is 2.07. The van der Waals surface area contributed by atoms with Gasteiger partial charge in [-0.05, 0) is 6.92 Å². The molecule has 82 valence electrons. The van der Waals surface area contributed by atoms with Crippen LogP contribution in [0, 0.1) is 6.92 Å².